The monoisotopic (exact) mass is 335 g/mol. The van der Waals surface area contributed by atoms with Gasteiger partial charge in [-0.05, 0) is 48.6 Å². The summed E-state index contributed by atoms with van der Waals surface area (Å²) in [7, 11) is 0. The summed E-state index contributed by atoms with van der Waals surface area (Å²) in [5.74, 6) is 0. The molecule has 0 radical (unpaired) electrons. The van der Waals surface area contributed by atoms with Crippen LogP contribution in [-0.4, -0.2) is 25.0 Å². The lowest BCUT2D eigenvalue weighted by molar-refractivity contribution is 0.303. The van der Waals surface area contributed by atoms with Gasteiger partial charge in [-0.1, -0.05) is 12.1 Å². The highest BCUT2D eigenvalue weighted by Gasteiger charge is 2.40. The summed E-state index contributed by atoms with van der Waals surface area (Å²) in [6, 6.07) is 16.0. The van der Waals surface area contributed by atoms with E-state index in [9.17, 15) is 0 Å². The van der Waals surface area contributed by atoms with Crippen LogP contribution in [0.5, 0.6) is 0 Å². The highest BCUT2D eigenvalue weighted by atomic mass is 32.1. The van der Waals surface area contributed by atoms with Crippen LogP contribution >= 0.6 is 12.2 Å². The van der Waals surface area contributed by atoms with Gasteiger partial charge in [0.05, 0.1) is 30.0 Å². The van der Waals surface area contributed by atoms with Gasteiger partial charge in [-0.25, -0.2) is 0 Å². The third kappa shape index (κ3) is 2.76. The van der Waals surface area contributed by atoms with E-state index in [1.807, 2.05) is 61.1 Å². The second kappa shape index (κ2) is 6.41. The summed E-state index contributed by atoms with van der Waals surface area (Å²) < 4.78 is 0. The smallest absolute Gasteiger partial charge is 0.170 e. The van der Waals surface area contributed by atoms with E-state index in [1.54, 1.807) is 0 Å². The van der Waals surface area contributed by atoms with E-state index in [4.69, 9.17) is 12.2 Å². The standard InChI is InChI=1S/C18H17N5S/c24-18-22-16(14-7-2-4-10-20-14)17(15-8-5-11-21-15)23(18)12-13-6-1-3-9-19-13/h1-11,16-17,21H,12H2,(H,22,24)/t16-,17-/m0/s1. The molecule has 0 aliphatic carbocycles. The molecule has 0 unspecified atom stereocenters. The van der Waals surface area contributed by atoms with Crippen LogP contribution < -0.4 is 5.32 Å². The zero-order valence-corrected chi connectivity index (χ0v) is 13.8. The fourth-order valence-corrected chi connectivity index (χ4v) is 3.41. The maximum atomic E-state index is 5.61. The molecule has 5 nitrogen and oxygen atoms in total. The summed E-state index contributed by atoms with van der Waals surface area (Å²) in [6.45, 7) is 0.652. The summed E-state index contributed by atoms with van der Waals surface area (Å²) >= 11 is 5.61. The normalized spacial score (nSPS) is 20.2. The second-order valence-corrected chi connectivity index (χ2v) is 6.09. The third-order valence-corrected chi connectivity index (χ3v) is 4.55. The average molecular weight is 335 g/mol. The quantitative estimate of drug-likeness (QED) is 0.718. The fourth-order valence-electron chi connectivity index (χ4n) is 3.11. The van der Waals surface area contributed by atoms with Crippen molar-refractivity contribution < 1.29 is 0 Å². The van der Waals surface area contributed by atoms with Crippen molar-refractivity contribution in [2.75, 3.05) is 0 Å². The van der Waals surface area contributed by atoms with Crippen molar-refractivity contribution in [3.05, 3.63) is 84.2 Å². The van der Waals surface area contributed by atoms with Crippen LogP contribution in [0.15, 0.2) is 67.1 Å². The lowest BCUT2D eigenvalue weighted by Crippen LogP contribution is -2.29. The van der Waals surface area contributed by atoms with Crippen LogP contribution in [0.3, 0.4) is 0 Å². The van der Waals surface area contributed by atoms with E-state index in [2.05, 4.69) is 31.2 Å². The topological polar surface area (TPSA) is 56.8 Å². The molecule has 3 aromatic rings. The number of aromatic nitrogens is 3. The lowest BCUT2D eigenvalue weighted by Gasteiger charge is -2.26. The first-order chi connectivity index (χ1) is 11.8. The van der Waals surface area contributed by atoms with E-state index < -0.39 is 0 Å². The van der Waals surface area contributed by atoms with Crippen molar-refractivity contribution in [1.82, 2.24) is 25.2 Å². The molecular weight excluding hydrogens is 318 g/mol. The Hall–Kier alpha value is -2.73. The molecule has 4 rings (SSSR count). The first kappa shape index (κ1) is 14.8. The number of hydrogen-bond acceptors (Lipinski definition) is 3. The molecule has 120 valence electrons. The number of nitrogens with zero attached hydrogens (tertiary/aromatic N) is 3. The van der Waals surface area contributed by atoms with E-state index >= 15 is 0 Å². The molecule has 3 aromatic heterocycles. The molecule has 1 saturated heterocycles. The molecule has 2 atom stereocenters. The molecule has 24 heavy (non-hydrogen) atoms. The number of hydrogen-bond donors (Lipinski definition) is 2. The van der Waals surface area contributed by atoms with E-state index in [1.165, 1.54) is 0 Å². The molecule has 0 spiro atoms. The van der Waals surface area contributed by atoms with Gasteiger partial charge in [0, 0.05) is 24.3 Å². The number of nitrogens with one attached hydrogen (secondary N) is 2. The van der Waals surface area contributed by atoms with Gasteiger partial charge in [0.1, 0.15) is 0 Å². The predicted molar refractivity (Wildman–Crippen MR) is 96.0 cm³/mol. The van der Waals surface area contributed by atoms with E-state index in [0.717, 1.165) is 22.2 Å². The third-order valence-electron chi connectivity index (χ3n) is 4.20. The van der Waals surface area contributed by atoms with Gasteiger partial charge in [0.15, 0.2) is 5.11 Å². The zero-order valence-electron chi connectivity index (χ0n) is 13.0. The van der Waals surface area contributed by atoms with Gasteiger partial charge in [0.2, 0.25) is 0 Å². The molecule has 1 aliphatic rings. The Labute approximate surface area is 145 Å². The minimum absolute atomic E-state index is 0.000984. The first-order valence-corrected chi connectivity index (χ1v) is 8.25. The minimum atomic E-state index is 0.000984. The van der Waals surface area contributed by atoms with Crippen LogP contribution in [0.1, 0.15) is 29.2 Å². The van der Waals surface area contributed by atoms with Crippen LogP contribution in [-0.2, 0) is 6.54 Å². The maximum absolute atomic E-state index is 5.61. The maximum Gasteiger partial charge on any atom is 0.170 e. The Morgan fingerprint density at radius 3 is 2.50 bits per heavy atom. The van der Waals surface area contributed by atoms with Gasteiger partial charge in [-0.3, -0.25) is 9.97 Å². The van der Waals surface area contributed by atoms with Crippen molar-refractivity contribution in [3.8, 4) is 0 Å². The molecular formula is C18H17N5S. The van der Waals surface area contributed by atoms with Gasteiger partial charge < -0.3 is 15.2 Å². The second-order valence-electron chi connectivity index (χ2n) is 5.70. The van der Waals surface area contributed by atoms with E-state index in [0.29, 0.717) is 6.54 Å². The number of H-pyrrole nitrogens is 1. The molecule has 0 amide bonds. The van der Waals surface area contributed by atoms with Crippen molar-refractivity contribution >= 4 is 17.3 Å². The van der Waals surface area contributed by atoms with Crippen molar-refractivity contribution in [2.24, 2.45) is 0 Å². The molecule has 1 aliphatic heterocycles. The van der Waals surface area contributed by atoms with Crippen LogP contribution in [0, 0.1) is 0 Å². The zero-order chi connectivity index (χ0) is 16.4. The Balaban J connectivity index is 1.71. The lowest BCUT2D eigenvalue weighted by atomic mass is 10.0. The van der Waals surface area contributed by atoms with Gasteiger partial charge in [-0.15, -0.1) is 0 Å². The number of aromatic amines is 1. The van der Waals surface area contributed by atoms with Crippen molar-refractivity contribution in [2.45, 2.75) is 18.6 Å². The molecule has 2 N–H and O–H groups in total. The summed E-state index contributed by atoms with van der Waals surface area (Å²) in [5, 5.41) is 4.14. The van der Waals surface area contributed by atoms with Gasteiger partial charge in [-0.2, -0.15) is 0 Å². The Bertz CT molecular complexity index is 804. The predicted octanol–water partition coefficient (Wildman–Crippen LogP) is 2.98. The van der Waals surface area contributed by atoms with Crippen LogP contribution in [0.25, 0.3) is 0 Å². The van der Waals surface area contributed by atoms with Crippen LogP contribution in [0.2, 0.25) is 0 Å². The highest BCUT2D eigenvalue weighted by Crippen LogP contribution is 2.38. The summed E-state index contributed by atoms with van der Waals surface area (Å²) in [6.07, 6.45) is 5.56. The molecule has 0 aromatic carbocycles. The number of thiocarbonyl (C=S) groups is 1. The number of rotatable bonds is 4. The Morgan fingerprint density at radius 2 is 1.83 bits per heavy atom. The Kier molecular flexibility index (Phi) is 3.96. The average Bonchev–Trinajstić information content (AvgIpc) is 3.25. The van der Waals surface area contributed by atoms with Gasteiger partial charge >= 0.3 is 0 Å². The fraction of sp³-hybridized carbons (Fsp3) is 0.167. The highest BCUT2D eigenvalue weighted by molar-refractivity contribution is 7.80. The SMILES string of the molecule is S=C1N[C@@H](c2ccccn2)[C@H](c2ccc[nH]2)N1Cc1ccccn1. The van der Waals surface area contributed by atoms with Crippen LogP contribution in [0.4, 0.5) is 0 Å². The van der Waals surface area contributed by atoms with E-state index in [-0.39, 0.29) is 12.1 Å². The molecule has 6 heteroatoms. The Morgan fingerprint density at radius 1 is 1.00 bits per heavy atom. The van der Waals surface area contributed by atoms with Gasteiger partial charge in [0.25, 0.3) is 0 Å². The number of pyridine rings is 2. The minimum Gasteiger partial charge on any atom is -0.363 e. The van der Waals surface area contributed by atoms with Crippen molar-refractivity contribution in [1.29, 1.82) is 0 Å². The molecule has 0 bridgehead atoms. The largest absolute Gasteiger partial charge is 0.363 e. The summed E-state index contributed by atoms with van der Waals surface area (Å²) in [5.41, 5.74) is 3.07. The molecule has 4 heterocycles. The first-order valence-electron chi connectivity index (χ1n) is 7.84. The summed E-state index contributed by atoms with van der Waals surface area (Å²) in [4.78, 5) is 14.4. The molecule has 0 saturated carbocycles. The van der Waals surface area contributed by atoms with Crippen molar-refractivity contribution in [3.63, 3.8) is 0 Å². The molecule has 1 fully saturated rings.